The van der Waals surface area contributed by atoms with Gasteiger partial charge in [0, 0.05) is 12.5 Å². The van der Waals surface area contributed by atoms with Crippen molar-refractivity contribution >= 4 is 17.7 Å². The van der Waals surface area contributed by atoms with E-state index in [0.717, 1.165) is 0 Å². The van der Waals surface area contributed by atoms with Crippen molar-refractivity contribution in [1.82, 2.24) is 0 Å². The Morgan fingerprint density at radius 3 is 2.18 bits per heavy atom. The maximum absolute atomic E-state index is 11.1. The smallest absolute Gasteiger partial charge is 0.333 e. The molecule has 5 nitrogen and oxygen atoms in total. The van der Waals surface area contributed by atoms with Gasteiger partial charge in [-0.2, -0.15) is 0 Å². The molecule has 0 heterocycles. The second-order valence-electron chi connectivity index (χ2n) is 3.77. The van der Waals surface area contributed by atoms with Gasteiger partial charge in [-0.15, -0.1) is 0 Å². The molecule has 0 aromatic heterocycles. The lowest BCUT2D eigenvalue weighted by molar-refractivity contribution is -0.153. The highest BCUT2D eigenvalue weighted by molar-refractivity contribution is 5.86. The third kappa shape index (κ3) is 7.27. The average Bonchev–Trinajstić information content (AvgIpc) is 2.21. The van der Waals surface area contributed by atoms with E-state index in [1.165, 1.54) is 13.8 Å². The first-order valence-electron chi connectivity index (χ1n) is 5.35. The number of hydrogen-bond donors (Lipinski definition) is 0. The van der Waals surface area contributed by atoms with Crippen LogP contribution in [0.1, 0.15) is 33.6 Å². The quantitative estimate of drug-likeness (QED) is 0.383. The first-order valence-corrected chi connectivity index (χ1v) is 5.35. The molecule has 0 aliphatic rings. The summed E-state index contributed by atoms with van der Waals surface area (Å²) in [7, 11) is 0. The Labute approximate surface area is 101 Å². The van der Waals surface area contributed by atoms with Crippen LogP contribution in [0.15, 0.2) is 12.2 Å². The summed E-state index contributed by atoms with van der Waals surface area (Å²) in [5.41, 5.74) is 0.327. The van der Waals surface area contributed by atoms with E-state index in [2.05, 4.69) is 6.58 Å². The molecule has 0 saturated carbocycles. The molecule has 0 saturated heterocycles. The van der Waals surface area contributed by atoms with E-state index in [9.17, 15) is 14.4 Å². The van der Waals surface area contributed by atoms with E-state index in [-0.39, 0.29) is 12.4 Å². The van der Waals surface area contributed by atoms with Gasteiger partial charge in [0.1, 0.15) is 0 Å². The molecule has 0 N–H and O–H groups in total. The minimum Gasteiger partial charge on any atom is -0.462 e. The number of rotatable bonds is 7. The Morgan fingerprint density at radius 2 is 1.76 bits per heavy atom. The van der Waals surface area contributed by atoms with Crippen molar-refractivity contribution < 1.29 is 23.9 Å². The van der Waals surface area contributed by atoms with Crippen molar-refractivity contribution in [2.45, 2.75) is 39.7 Å². The van der Waals surface area contributed by atoms with Crippen molar-refractivity contribution in [2.75, 3.05) is 6.61 Å². The number of carbonyl (C=O) groups excluding carboxylic acids is 3. The van der Waals surface area contributed by atoms with Crippen LogP contribution in [0.25, 0.3) is 0 Å². The molecule has 0 radical (unpaired) electrons. The van der Waals surface area contributed by atoms with Crippen molar-refractivity contribution in [1.29, 1.82) is 0 Å². The van der Waals surface area contributed by atoms with Crippen LogP contribution in [0.4, 0.5) is 0 Å². The van der Waals surface area contributed by atoms with Crippen LogP contribution in [0.2, 0.25) is 0 Å². The standard InChI is InChI=1S/C12H18O5/c1-8(2)12(15)16-7-5-6-11(9(3)13)17-10(4)14/h11H,1,5-7H2,2-4H3. The largest absolute Gasteiger partial charge is 0.462 e. The molecule has 0 aromatic carbocycles. The lowest BCUT2D eigenvalue weighted by atomic mass is 10.1. The molecule has 1 unspecified atom stereocenters. The molecular formula is C12H18O5. The molecule has 0 aliphatic heterocycles. The number of ketones is 1. The van der Waals surface area contributed by atoms with Gasteiger partial charge in [0.25, 0.3) is 0 Å². The molecule has 0 amide bonds. The van der Waals surface area contributed by atoms with Crippen molar-refractivity contribution in [2.24, 2.45) is 0 Å². The van der Waals surface area contributed by atoms with Crippen LogP contribution in [0.3, 0.4) is 0 Å². The molecule has 96 valence electrons. The Hall–Kier alpha value is -1.65. The first kappa shape index (κ1) is 15.3. The summed E-state index contributed by atoms with van der Waals surface area (Å²) in [6.07, 6.45) is 0.0469. The minimum absolute atomic E-state index is 0.177. The highest BCUT2D eigenvalue weighted by Gasteiger charge is 2.17. The van der Waals surface area contributed by atoms with Crippen LogP contribution >= 0.6 is 0 Å². The topological polar surface area (TPSA) is 69.7 Å². The van der Waals surface area contributed by atoms with Gasteiger partial charge in [0.2, 0.25) is 0 Å². The number of Topliss-reactive ketones (excluding diaryl/α,β-unsaturated/α-hetero) is 1. The summed E-state index contributed by atoms with van der Waals surface area (Å²) >= 11 is 0. The van der Waals surface area contributed by atoms with E-state index in [0.29, 0.717) is 18.4 Å². The van der Waals surface area contributed by atoms with Gasteiger partial charge in [-0.1, -0.05) is 6.58 Å². The van der Waals surface area contributed by atoms with E-state index in [1.54, 1.807) is 6.92 Å². The van der Waals surface area contributed by atoms with Crippen LogP contribution in [-0.4, -0.2) is 30.4 Å². The molecule has 17 heavy (non-hydrogen) atoms. The molecule has 0 bridgehead atoms. The van der Waals surface area contributed by atoms with E-state index >= 15 is 0 Å². The number of ether oxygens (including phenoxy) is 2. The van der Waals surface area contributed by atoms with Gasteiger partial charge in [0.15, 0.2) is 11.9 Å². The Bertz CT molecular complexity index is 319. The maximum atomic E-state index is 11.1. The average molecular weight is 242 g/mol. The second kappa shape index (κ2) is 7.60. The predicted molar refractivity (Wildman–Crippen MR) is 61.2 cm³/mol. The monoisotopic (exact) mass is 242 g/mol. The highest BCUT2D eigenvalue weighted by atomic mass is 16.5. The van der Waals surface area contributed by atoms with E-state index in [4.69, 9.17) is 9.47 Å². The van der Waals surface area contributed by atoms with Crippen LogP contribution < -0.4 is 0 Å². The lowest BCUT2D eigenvalue weighted by Gasteiger charge is -2.13. The van der Waals surface area contributed by atoms with E-state index < -0.39 is 18.0 Å². The van der Waals surface area contributed by atoms with Gasteiger partial charge < -0.3 is 9.47 Å². The summed E-state index contributed by atoms with van der Waals surface area (Å²) in [4.78, 5) is 32.9. The lowest BCUT2D eigenvalue weighted by Crippen LogP contribution is -2.24. The van der Waals surface area contributed by atoms with Crippen LogP contribution in [0.5, 0.6) is 0 Å². The van der Waals surface area contributed by atoms with Gasteiger partial charge >= 0.3 is 11.9 Å². The Kier molecular flexibility index (Phi) is 6.86. The fourth-order valence-corrected chi connectivity index (χ4v) is 1.10. The summed E-state index contributed by atoms with van der Waals surface area (Å²) in [5.74, 6) is -1.17. The summed E-state index contributed by atoms with van der Waals surface area (Å²) < 4.78 is 9.67. The van der Waals surface area contributed by atoms with Crippen molar-refractivity contribution in [3.8, 4) is 0 Å². The van der Waals surface area contributed by atoms with Crippen molar-refractivity contribution in [3.05, 3.63) is 12.2 Å². The highest BCUT2D eigenvalue weighted by Crippen LogP contribution is 2.05. The number of esters is 2. The molecule has 1 atom stereocenters. The second-order valence-corrected chi connectivity index (χ2v) is 3.77. The van der Waals surface area contributed by atoms with Crippen LogP contribution in [0, 0.1) is 0 Å². The number of hydrogen-bond acceptors (Lipinski definition) is 5. The first-order chi connectivity index (χ1) is 7.84. The maximum Gasteiger partial charge on any atom is 0.333 e. The molecule has 0 fully saturated rings. The third-order valence-corrected chi connectivity index (χ3v) is 1.95. The fourth-order valence-electron chi connectivity index (χ4n) is 1.10. The molecule has 0 aliphatic carbocycles. The van der Waals surface area contributed by atoms with Gasteiger partial charge in [-0.05, 0) is 26.7 Å². The molecular weight excluding hydrogens is 224 g/mol. The zero-order chi connectivity index (χ0) is 13.4. The molecule has 0 aromatic rings. The fraction of sp³-hybridized carbons (Fsp3) is 0.583. The van der Waals surface area contributed by atoms with Crippen molar-refractivity contribution in [3.63, 3.8) is 0 Å². The van der Waals surface area contributed by atoms with Gasteiger partial charge in [-0.3, -0.25) is 9.59 Å². The Morgan fingerprint density at radius 1 is 1.18 bits per heavy atom. The predicted octanol–water partition coefficient (Wildman–Crippen LogP) is 1.41. The van der Waals surface area contributed by atoms with Gasteiger partial charge in [0.05, 0.1) is 6.61 Å². The number of carbonyl (C=O) groups is 3. The summed E-state index contributed by atoms with van der Waals surface area (Å²) in [5, 5.41) is 0. The third-order valence-electron chi connectivity index (χ3n) is 1.95. The Balaban J connectivity index is 3.91. The minimum atomic E-state index is -0.754. The van der Waals surface area contributed by atoms with Gasteiger partial charge in [-0.25, -0.2) is 4.79 Å². The molecule has 5 heteroatoms. The van der Waals surface area contributed by atoms with E-state index in [1.807, 2.05) is 0 Å². The van der Waals surface area contributed by atoms with Crippen LogP contribution in [-0.2, 0) is 23.9 Å². The normalized spacial score (nSPS) is 11.5. The molecule has 0 spiro atoms. The summed E-state index contributed by atoms with van der Waals surface area (Å²) in [6.45, 7) is 7.77. The SMILES string of the molecule is C=C(C)C(=O)OCCCC(OC(C)=O)C(C)=O. The zero-order valence-corrected chi connectivity index (χ0v) is 10.4. The molecule has 0 rings (SSSR count). The zero-order valence-electron chi connectivity index (χ0n) is 10.4. The summed E-state index contributed by atoms with van der Waals surface area (Å²) in [6, 6.07) is 0.